The highest BCUT2D eigenvalue weighted by Crippen LogP contribution is 2.13. The maximum absolute atomic E-state index is 11.8. The van der Waals surface area contributed by atoms with E-state index in [-0.39, 0.29) is 12.5 Å². The number of carbonyl (C=O) groups excluding carboxylic acids is 1. The van der Waals surface area contributed by atoms with Crippen molar-refractivity contribution in [3.05, 3.63) is 29.8 Å². The van der Waals surface area contributed by atoms with Crippen molar-refractivity contribution in [2.75, 3.05) is 18.5 Å². The van der Waals surface area contributed by atoms with Gasteiger partial charge in [0.05, 0.1) is 11.6 Å². The minimum atomic E-state index is -0.828. The number of amides is 2. The fraction of sp³-hybridized carbons (Fsp3) is 0.357. The SMILES string of the molecule is CN(C(=O)NCCCCC(=O)O)c1ccc(C#N)cc1. The van der Waals surface area contributed by atoms with Gasteiger partial charge in [-0.3, -0.25) is 9.69 Å². The molecule has 106 valence electrons. The van der Waals surface area contributed by atoms with Crippen molar-refractivity contribution >= 4 is 17.7 Å². The largest absolute Gasteiger partial charge is 0.481 e. The van der Waals surface area contributed by atoms with E-state index in [4.69, 9.17) is 10.4 Å². The van der Waals surface area contributed by atoms with Crippen LogP contribution in [0.2, 0.25) is 0 Å². The maximum Gasteiger partial charge on any atom is 0.321 e. The number of hydrogen-bond acceptors (Lipinski definition) is 3. The molecule has 1 aromatic rings. The molecule has 0 radical (unpaired) electrons. The Morgan fingerprint density at radius 1 is 1.30 bits per heavy atom. The van der Waals surface area contributed by atoms with Gasteiger partial charge in [-0.1, -0.05) is 0 Å². The van der Waals surface area contributed by atoms with Crippen molar-refractivity contribution in [1.29, 1.82) is 5.26 Å². The van der Waals surface area contributed by atoms with Crippen molar-refractivity contribution < 1.29 is 14.7 Å². The van der Waals surface area contributed by atoms with Crippen LogP contribution in [0.3, 0.4) is 0 Å². The molecular formula is C14H17N3O3. The van der Waals surface area contributed by atoms with Crippen LogP contribution >= 0.6 is 0 Å². The first kappa shape index (κ1) is 15.5. The van der Waals surface area contributed by atoms with Crippen LogP contribution in [0.4, 0.5) is 10.5 Å². The molecule has 2 amide bonds. The summed E-state index contributed by atoms with van der Waals surface area (Å²) in [6, 6.07) is 8.44. The van der Waals surface area contributed by atoms with Gasteiger partial charge in [0.2, 0.25) is 0 Å². The lowest BCUT2D eigenvalue weighted by molar-refractivity contribution is -0.137. The summed E-state index contributed by atoms with van der Waals surface area (Å²) in [5.41, 5.74) is 1.23. The number of nitriles is 1. The number of unbranched alkanes of at least 4 members (excludes halogenated alkanes) is 1. The van der Waals surface area contributed by atoms with Crippen LogP contribution in [0, 0.1) is 11.3 Å². The van der Waals surface area contributed by atoms with Crippen LogP contribution in [0.1, 0.15) is 24.8 Å². The smallest absolute Gasteiger partial charge is 0.321 e. The number of hydrogen-bond donors (Lipinski definition) is 2. The highest BCUT2D eigenvalue weighted by molar-refractivity contribution is 5.91. The van der Waals surface area contributed by atoms with Gasteiger partial charge < -0.3 is 10.4 Å². The zero-order chi connectivity index (χ0) is 15.0. The number of nitrogens with zero attached hydrogens (tertiary/aromatic N) is 2. The van der Waals surface area contributed by atoms with E-state index in [2.05, 4.69) is 5.32 Å². The molecule has 6 heteroatoms. The van der Waals surface area contributed by atoms with Gasteiger partial charge >= 0.3 is 12.0 Å². The lowest BCUT2D eigenvalue weighted by Gasteiger charge is -2.18. The van der Waals surface area contributed by atoms with Crippen LogP contribution in [-0.2, 0) is 4.79 Å². The molecule has 0 aliphatic rings. The normalized spacial score (nSPS) is 9.60. The monoisotopic (exact) mass is 275 g/mol. The Kier molecular flexibility index (Phi) is 6.04. The topological polar surface area (TPSA) is 93.4 Å². The van der Waals surface area contributed by atoms with Gasteiger partial charge in [-0.15, -0.1) is 0 Å². The average Bonchev–Trinajstić information content (AvgIpc) is 2.45. The molecule has 0 fully saturated rings. The number of carboxylic acid groups (broad SMARTS) is 1. The second-order valence-corrected chi connectivity index (χ2v) is 4.30. The van der Waals surface area contributed by atoms with Gasteiger partial charge in [0.1, 0.15) is 0 Å². The molecule has 0 heterocycles. The summed E-state index contributed by atoms with van der Waals surface area (Å²) in [7, 11) is 1.63. The summed E-state index contributed by atoms with van der Waals surface area (Å²) in [6.45, 7) is 0.437. The zero-order valence-corrected chi connectivity index (χ0v) is 11.3. The first-order valence-electron chi connectivity index (χ1n) is 6.28. The Hall–Kier alpha value is -2.55. The third-order valence-electron chi connectivity index (χ3n) is 2.78. The molecule has 2 N–H and O–H groups in total. The minimum absolute atomic E-state index is 0.112. The van der Waals surface area contributed by atoms with Crippen LogP contribution in [0.15, 0.2) is 24.3 Å². The number of aliphatic carboxylic acids is 1. The Morgan fingerprint density at radius 2 is 1.95 bits per heavy atom. The van der Waals surface area contributed by atoms with Gasteiger partial charge in [-0.2, -0.15) is 5.26 Å². The van der Waals surface area contributed by atoms with Crippen molar-refractivity contribution in [2.45, 2.75) is 19.3 Å². The van der Waals surface area contributed by atoms with Gasteiger partial charge in [0.25, 0.3) is 0 Å². The molecule has 0 aromatic heterocycles. The summed E-state index contributed by atoms with van der Waals surface area (Å²) in [4.78, 5) is 23.6. The molecule has 0 saturated heterocycles. The highest BCUT2D eigenvalue weighted by Gasteiger charge is 2.09. The lowest BCUT2D eigenvalue weighted by atomic mass is 10.2. The van der Waals surface area contributed by atoms with Crippen molar-refractivity contribution in [1.82, 2.24) is 5.32 Å². The van der Waals surface area contributed by atoms with Crippen LogP contribution in [-0.4, -0.2) is 30.7 Å². The van der Waals surface area contributed by atoms with Crippen LogP contribution < -0.4 is 10.2 Å². The summed E-state index contributed by atoms with van der Waals surface area (Å²) in [5, 5.41) is 19.9. The molecule has 1 rings (SSSR count). The molecule has 1 aromatic carbocycles. The molecule has 6 nitrogen and oxygen atoms in total. The summed E-state index contributed by atoms with van der Waals surface area (Å²) >= 11 is 0. The molecule has 0 spiro atoms. The highest BCUT2D eigenvalue weighted by atomic mass is 16.4. The van der Waals surface area contributed by atoms with E-state index in [0.717, 1.165) is 0 Å². The molecule has 20 heavy (non-hydrogen) atoms. The number of carboxylic acids is 1. The third kappa shape index (κ3) is 4.98. The Labute approximate surface area is 117 Å². The summed E-state index contributed by atoms with van der Waals surface area (Å²) in [5.74, 6) is -0.828. The first-order valence-corrected chi connectivity index (χ1v) is 6.28. The third-order valence-corrected chi connectivity index (χ3v) is 2.78. The minimum Gasteiger partial charge on any atom is -0.481 e. The number of carbonyl (C=O) groups is 2. The molecule has 0 saturated carbocycles. The standard InChI is InChI=1S/C14H17N3O3/c1-17(12-7-5-11(10-15)6-8-12)14(20)16-9-3-2-4-13(18)19/h5-8H,2-4,9H2,1H3,(H,16,20)(H,18,19). The molecule has 0 atom stereocenters. The van der Waals surface area contributed by atoms with E-state index in [0.29, 0.717) is 30.6 Å². The fourth-order valence-electron chi connectivity index (χ4n) is 1.59. The molecule has 0 unspecified atom stereocenters. The van der Waals surface area contributed by atoms with E-state index in [1.165, 1.54) is 4.90 Å². The van der Waals surface area contributed by atoms with Gasteiger partial charge in [-0.05, 0) is 37.1 Å². The number of anilines is 1. The average molecular weight is 275 g/mol. The second kappa shape index (κ2) is 7.79. The van der Waals surface area contributed by atoms with E-state index >= 15 is 0 Å². The lowest BCUT2D eigenvalue weighted by Crippen LogP contribution is -2.37. The Bertz CT molecular complexity index is 505. The van der Waals surface area contributed by atoms with E-state index < -0.39 is 5.97 Å². The first-order chi connectivity index (χ1) is 9.54. The molecule has 0 bridgehead atoms. The second-order valence-electron chi connectivity index (χ2n) is 4.30. The number of benzene rings is 1. The Morgan fingerprint density at radius 3 is 2.50 bits per heavy atom. The predicted molar refractivity (Wildman–Crippen MR) is 74.4 cm³/mol. The van der Waals surface area contributed by atoms with Gasteiger partial charge in [0.15, 0.2) is 0 Å². The van der Waals surface area contributed by atoms with E-state index in [1.54, 1.807) is 31.3 Å². The van der Waals surface area contributed by atoms with Crippen molar-refractivity contribution in [3.63, 3.8) is 0 Å². The van der Waals surface area contributed by atoms with Crippen LogP contribution in [0.5, 0.6) is 0 Å². The number of urea groups is 1. The number of nitrogens with one attached hydrogen (secondary N) is 1. The summed E-state index contributed by atoms with van der Waals surface area (Å²) in [6.07, 6.45) is 1.27. The Balaban J connectivity index is 2.38. The van der Waals surface area contributed by atoms with Crippen LogP contribution in [0.25, 0.3) is 0 Å². The quantitative estimate of drug-likeness (QED) is 0.776. The molecule has 0 aliphatic carbocycles. The maximum atomic E-state index is 11.8. The zero-order valence-electron chi connectivity index (χ0n) is 11.3. The van der Waals surface area contributed by atoms with Gasteiger partial charge in [-0.25, -0.2) is 4.79 Å². The predicted octanol–water partition coefficient (Wildman–Crippen LogP) is 1.96. The van der Waals surface area contributed by atoms with Crippen molar-refractivity contribution in [2.24, 2.45) is 0 Å². The van der Waals surface area contributed by atoms with E-state index in [1.807, 2.05) is 6.07 Å². The van der Waals surface area contributed by atoms with E-state index in [9.17, 15) is 9.59 Å². The molecular weight excluding hydrogens is 258 g/mol. The fourth-order valence-corrected chi connectivity index (χ4v) is 1.59. The number of rotatable bonds is 6. The van der Waals surface area contributed by atoms with Gasteiger partial charge in [0, 0.05) is 25.7 Å². The molecule has 0 aliphatic heterocycles. The van der Waals surface area contributed by atoms with Crippen molar-refractivity contribution in [3.8, 4) is 6.07 Å². The summed E-state index contributed by atoms with van der Waals surface area (Å²) < 4.78 is 0.